The maximum absolute atomic E-state index is 10.3. The van der Waals surface area contributed by atoms with Crippen molar-refractivity contribution in [1.29, 1.82) is 0 Å². The van der Waals surface area contributed by atoms with E-state index in [0.717, 1.165) is 35.1 Å². The summed E-state index contributed by atoms with van der Waals surface area (Å²) in [6.07, 6.45) is 2.11. The van der Waals surface area contributed by atoms with Crippen LogP contribution >= 0.6 is 0 Å². The smallest absolute Gasteiger partial charge is 0.122 e. The molecule has 0 amide bonds. The first kappa shape index (κ1) is 13.4. The van der Waals surface area contributed by atoms with Crippen molar-refractivity contribution in [2.24, 2.45) is 5.41 Å². The minimum atomic E-state index is -0.158. The fraction of sp³-hybridized carbons (Fsp3) is 0.600. The maximum atomic E-state index is 10.3. The van der Waals surface area contributed by atoms with Crippen molar-refractivity contribution >= 4 is 0 Å². The van der Waals surface area contributed by atoms with Gasteiger partial charge in [0, 0.05) is 13.2 Å². The molecule has 0 fully saturated rings. The summed E-state index contributed by atoms with van der Waals surface area (Å²) in [6, 6.07) is 0. The van der Waals surface area contributed by atoms with Gasteiger partial charge in [-0.1, -0.05) is 6.92 Å². The van der Waals surface area contributed by atoms with E-state index in [4.69, 9.17) is 5.11 Å². The molecule has 1 aliphatic carbocycles. The van der Waals surface area contributed by atoms with E-state index < -0.39 is 0 Å². The van der Waals surface area contributed by atoms with Gasteiger partial charge in [-0.15, -0.1) is 0 Å². The monoisotopic (exact) mass is 250 g/mol. The van der Waals surface area contributed by atoms with Gasteiger partial charge in [-0.2, -0.15) is 0 Å². The predicted octanol–water partition coefficient (Wildman–Crippen LogP) is 1.64. The minimum Gasteiger partial charge on any atom is -0.507 e. The Morgan fingerprint density at radius 1 is 1.06 bits per heavy atom. The molecule has 100 valence electrons. The third-order valence-electron chi connectivity index (χ3n) is 4.31. The lowest BCUT2D eigenvalue weighted by atomic mass is 9.88. The highest BCUT2D eigenvalue weighted by atomic mass is 16.3. The van der Waals surface area contributed by atoms with E-state index in [9.17, 15) is 10.2 Å². The average molecular weight is 250 g/mol. The summed E-state index contributed by atoms with van der Waals surface area (Å²) in [5.41, 5.74) is 5.10. The number of phenols is 1. The lowest BCUT2D eigenvalue weighted by Gasteiger charge is -2.19. The normalized spacial score (nSPS) is 22.3. The largest absolute Gasteiger partial charge is 0.507 e. The highest BCUT2D eigenvalue weighted by Gasteiger charge is 2.36. The second-order valence-electron chi connectivity index (χ2n) is 5.83. The minimum absolute atomic E-state index is 0.0944. The van der Waals surface area contributed by atoms with Gasteiger partial charge in [0.1, 0.15) is 5.75 Å². The van der Waals surface area contributed by atoms with E-state index in [1.165, 1.54) is 5.56 Å². The molecule has 0 radical (unpaired) electrons. The molecule has 0 spiro atoms. The molecule has 3 N–H and O–H groups in total. The van der Waals surface area contributed by atoms with Gasteiger partial charge in [0.25, 0.3) is 0 Å². The molecule has 0 bridgehead atoms. The number of aromatic hydroxyl groups is 1. The standard InChI is InChI=1S/C15H22O3/c1-9-11(4-5-16)10(2)14(18)13-7-15(3,8-17)6-12(9)13/h16-18H,4-8H2,1-3H3/t15-/m1/s1. The first-order valence-electron chi connectivity index (χ1n) is 6.48. The van der Waals surface area contributed by atoms with Crippen LogP contribution in [0, 0.1) is 19.3 Å². The Kier molecular flexibility index (Phi) is 3.39. The van der Waals surface area contributed by atoms with Crippen LogP contribution in [-0.2, 0) is 19.3 Å². The Balaban J connectivity index is 2.57. The molecule has 3 heteroatoms. The van der Waals surface area contributed by atoms with Gasteiger partial charge < -0.3 is 15.3 Å². The number of phenolic OH excluding ortho intramolecular Hbond substituents is 1. The van der Waals surface area contributed by atoms with E-state index in [1.807, 2.05) is 13.8 Å². The average Bonchev–Trinajstić information content (AvgIpc) is 2.71. The zero-order chi connectivity index (χ0) is 13.5. The van der Waals surface area contributed by atoms with E-state index in [-0.39, 0.29) is 18.6 Å². The maximum Gasteiger partial charge on any atom is 0.122 e. The molecule has 0 unspecified atom stereocenters. The number of rotatable bonds is 3. The van der Waals surface area contributed by atoms with Crippen LogP contribution in [0.5, 0.6) is 5.75 Å². The Bertz CT molecular complexity index is 479. The van der Waals surface area contributed by atoms with Gasteiger partial charge in [0.2, 0.25) is 0 Å². The van der Waals surface area contributed by atoms with Crippen LogP contribution in [0.2, 0.25) is 0 Å². The quantitative estimate of drug-likeness (QED) is 0.764. The Morgan fingerprint density at radius 2 is 1.67 bits per heavy atom. The molecule has 0 aromatic heterocycles. The Labute approximate surface area is 108 Å². The van der Waals surface area contributed by atoms with Crippen LogP contribution in [0.1, 0.15) is 34.7 Å². The molecular weight excluding hydrogens is 228 g/mol. The molecule has 0 saturated heterocycles. The van der Waals surface area contributed by atoms with Crippen LogP contribution < -0.4 is 0 Å². The third-order valence-corrected chi connectivity index (χ3v) is 4.31. The number of benzene rings is 1. The van der Waals surface area contributed by atoms with Gasteiger partial charge in [-0.25, -0.2) is 0 Å². The van der Waals surface area contributed by atoms with Crippen molar-refractivity contribution in [1.82, 2.24) is 0 Å². The number of hydrogen-bond acceptors (Lipinski definition) is 3. The second-order valence-corrected chi connectivity index (χ2v) is 5.83. The predicted molar refractivity (Wildman–Crippen MR) is 71.0 cm³/mol. The Hall–Kier alpha value is -1.06. The van der Waals surface area contributed by atoms with Gasteiger partial charge >= 0.3 is 0 Å². The van der Waals surface area contributed by atoms with Crippen molar-refractivity contribution in [2.75, 3.05) is 13.2 Å². The van der Waals surface area contributed by atoms with Gasteiger partial charge in [-0.3, -0.25) is 0 Å². The van der Waals surface area contributed by atoms with Crippen molar-refractivity contribution < 1.29 is 15.3 Å². The first-order valence-corrected chi connectivity index (χ1v) is 6.48. The summed E-state index contributed by atoms with van der Waals surface area (Å²) in [5, 5.41) is 28.9. The summed E-state index contributed by atoms with van der Waals surface area (Å²) in [4.78, 5) is 0. The summed E-state index contributed by atoms with van der Waals surface area (Å²) in [5.74, 6) is 0.358. The molecule has 1 aliphatic rings. The summed E-state index contributed by atoms with van der Waals surface area (Å²) < 4.78 is 0. The van der Waals surface area contributed by atoms with Crippen LogP contribution in [0.25, 0.3) is 0 Å². The lowest BCUT2D eigenvalue weighted by Crippen LogP contribution is -2.21. The lowest BCUT2D eigenvalue weighted by molar-refractivity contribution is 0.151. The highest BCUT2D eigenvalue weighted by Crippen LogP contribution is 2.44. The van der Waals surface area contributed by atoms with E-state index in [2.05, 4.69) is 6.92 Å². The van der Waals surface area contributed by atoms with Crippen LogP contribution in [0.3, 0.4) is 0 Å². The molecule has 0 aliphatic heterocycles. The van der Waals surface area contributed by atoms with Crippen molar-refractivity contribution in [2.45, 2.75) is 40.0 Å². The van der Waals surface area contributed by atoms with E-state index >= 15 is 0 Å². The van der Waals surface area contributed by atoms with E-state index in [0.29, 0.717) is 12.2 Å². The highest BCUT2D eigenvalue weighted by molar-refractivity contribution is 5.57. The van der Waals surface area contributed by atoms with Gasteiger partial charge in [0.05, 0.1) is 0 Å². The second kappa shape index (κ2) is 4.56. The van der Waals surface area contributed by atoms with Crippen LogP contribution in [0.15, 0.2) is 0 Å². The zero-order valence-electron chi connectivity index (χ0n) is 11.4. The van der Waals surface area contributed by atoms with Crippen LogP contribution in [-0.4, -0.2) is 28.5 Å². The number of aliphatic hydroxyl groups is 2. The van der Waals surface area contributed by atoms with Gasteiger partial charge in [0.15, 0.2) is 0 Å². The SMILES string of the molecule is Cc1c(O)c2c(c(C)c1CCO)C[C@@](C)(CO)C2. The fourth-order valence-electron chi connectivity index (χ4n) is 3.15. The molecule has 0 saturated carbocycles. The summed E-state index contributed by atoms with van der Waals surface area (Å²) >= 11 is 0. The third kappa shape index (κ3) is 1.91. The first-order chi connectivity index (χ1) is 8.43. The number of hydrogen-bond donors (Lipinski definition) is 3. The molecule has 18 heavy (non-hydrogen) atoms. The van der Waals surface area contributed by atoms with Crippen molar-refractivity contribution in [3.63, 3.8) is 0 Å². The number of fused-ring (bicyclic) bond motifs is 1. The molecule has 1 aromatic carbocycles. The molecule has 1 aromatic rings. The molecule has 1 atom stereocenters. The molecule has 2 rings (SSSR count). The Morgan fingerprint density at radius 3 is 2.22 bits per heavy atom. The van der Waals surface area contributed by atoms with Gasteiger partial charge in [-0.05, 0) is 66.3 Å². The molecule has 0 heterocycles. The van der Waals surface area contributed by atoms with Crippen molar-refractivity contribution in [3.8, 4) is 5.75 Å². The fourth-order valence-corrected chi connectivity index (χ4v) is 3.15. The van der Waals surface area contributed by atoms with Crippen molar-refractivity contribution in [3.05, 3.63) is 27.8 Å². The summed E-state index contributed by atoms with van der Waals surface area (Å²) in [6.45, 7) is 6.24. The number of aliphatic hydroxyl groups excluding tert-OH is 2. The zero-order valence-corrected chi connectivity index (χ0v) is 11.4. The molecular formula is C15H22O3. The topological polar surface area (TPSA) is 60.7 Å². The van der Waals surface area contributed by atoms with Crippen LogP contribution in [0.4, 0.5) is 0 Å². The molecule has 3 nitrogen and oxygen atoms in total. The van der Waals surface area contributed by atoms with E-state index in [1.54, 1.807) is 0 Å². The summed E-state index contributed by atoms with van der Waals surface area (Å²) in [7, 11) is 0.